The fourth-order valence-electron chi connectivity index (χ4n) is 3.95. The van der Waals surface area contributed by atoms with Crippen LogP contribution in [0.25, 0.3) is 10.4 Å². The summed E-state index contributed by atoms with van der Waals surface area (Å²) in [6.45, 7) is 6.77. The number of aromatic hydroxyl groups is 1. The lowest BCUT2D eigenvalue weighted by atomic mass is 10.1. The summed E-state index contributed by atoms with van der Waals surface area (Å²) in [6.07, 6.45) is 2.57. The molecule has 1 aromatic carbocycles. The molecule has 1 aromatic heterocycles. The molecule has 0 aliphatic carbocycles. The standard InChI is InChI=1S/C20H26N2O2S/c1-14-5-6-19(25-14)15-10-16-12-22(13-17-4-3-7-21(17)2)8-9-24-20(16)18(23)11-15/h5-6,10-11,17,23H,3-4,7-9,12-13H2,1-2H3. The molecular weight excluding hydrogens is 332 g/mol. The fraction of sp³-hybridized carbons (Fsp3) is 0.500. The second-order valence-electron chi connectivity index (χ2n) is 7.25. The Balaban J connectivity index is 1.59. The van der Waals surface area contributed by atoms with Crippen LogP contribution in [0.15, 0.2) is 24.3 Å². The summed E-state index contributed by atoms with van der Waals surface area (Å²) in [5.41, 5.74) is 2.18. The minimum Gasteiger partial charge on any atom is -0.504 e. The highest BCUT2D eigenvalue weighted by Gasteiger charge is 2.26. The Hall–Kier alpha value is -1.56. The van der Waals surface area contributed by atoms with Crippen molar-refractivity contribution >= 4 is 11.3 Å². The normalized spacial score (nSPS) is 21.8. The first-order valence-electron chi connectivity index (χ1n) is 9.08. The summed E-state index contributed by atoms with van der Waals surface area (Å²) < 4.78 is 5.90. The van der Waals surface area contributed by atoms with Crippen molar-refractivity contribution < 1.29 is 9.84 Å². The van der Waals surface area contributed by atoms with Gasteiger partial charge >= 0.3 is 0 Å². The maximum Gasteiger partial charge on any atom is 0.165 e. The summed E-state index contributed by atoms with van der Waals surface area (Å²) in [5, 5.41) is 10.5. The number of nitrogens with zero attached hydrogens (tertiary/aromatic N) is 2. The molecule has 4 rings (SSSR count). The summed E-state index contributed by atoms with van der Waals surface area (Å²) in [5.74, 6) is 0.928. The van der Waals surface area contributed by atoms with Crippen molar-refractivity contribution in [3.63, 3.8) is 0 Å². The number of aryl methyl sites for hydroxylation is 1. The minimum atomic E-state index is 0.262. The Bertz CT molecular complexity index is 758. The van der Waals surface area contributed by atoms with Crippen LogP contribution in [0, 0.1) is 6.92 Å². The zero-order chi connectivity index (χ0) is 17.4. The molecule has 0 amide bonds. The van der Waals surface area contributed by atoms with Gasteiger partial charge in [-0.25, -0.2) is 0 Å². The van der Waals surface area contributed by atoms with E-state index in [-0.39, 0.29) is 5.75 Å². The van der Waals surface area contributed by atoms with E-state index in [2.05, 4.69) is 42.0 Å². The van der Waals surface area contributed by atoms with Crippen molar-refractivity contribution in [2.45, 2.75) is 32.4 Å². The maximum absolute atomic E-state index is 10.5. The molecule has 2 aliphatic heterocycles. The van der Waals surface area contributed by atoms with Crippen molar-refractivity contribution in [1.82, 2.24) is 9.80 Å². The van der Waals surface area contributed by atoms with E-state index >= 15 is 0 Å². The number of thiophene rings is 1. The molecule has 134 valence electrons. The zero-order valence-corrected chi connectivity index (χ0v) is 15.8. The zero-order valence-electron chi connectivity index (χ0n) is 15.0. The maximum atomic E-state index is 10.5. The van der Waals surface area contributed by atoms with Crippen molar-refractivity contribution in [3.05, 3.63) is 34.7 Å². The quantitative estimate of drug-likeness (QED) is 0.907. The molecule has 2 aromatic rings. The molecule has 1 unspecified atom stereocenters. The Morgan fingerprint density at radius 2 is 2.16 bits per heavy atom. The van der Waals surface area contributed by atoms with Crippen molar-refractivity contribution in [2.75, 3.05) is 33.3 Å². The van der Waals surface area contributed by atoms with Crippen LogP contribution in [0.1, 0.15) is 23.3 Å². The van der Waals surface area contributed by atoms with Crippen LogP contribution >= 0.6 is 11.3 Å². The van der Waals surface area contributed by atoms with Crippen molar-refractivity contribution in [1.29, 1.82) is 0 Å². The number of likely N-dealkylation sites (N-methyl/N-ethyl adjacent to an activating group) is 1. The molecule has 2 aliphatic rings. The number of rotatable bonds is 3. The van der Waals surface area contributed by atoms with Crippen LogP contribution in [0.2, 0.25) is 0 Å². The molecule has 3 heterocycles. The molecule has 0 spiro atoms. The van der Waals surface area contributed by atoms with Gasteiger partial charge in [0, 0.05) is 41.0 Å². The smallest absolute Gasteiger partial charge is 0.165 e. The first kappa shape index (κ1) is 16.9. The van der Waals surface area contributed by atoms with Crippen LogP contribution in [-0.4, -0.2) is 54.2 Å². The molecular formula is C20H26N2O2S. The third kappa shape index (κ3) is 3.54. The number of likely N-dealkylation sites (tertiary alicyclic amines) is 1. The summed E-state index contributed by atoms with van der Waals surface area (Å²) >= 11 is 1.76. The van der Waals surface area contributed by atoms with Gasteiger partial charge in [-0.3, -0.25) is 4.90 Å². The van der Waals surface area contributed by atoms with Crippen LogP contribution in [-0.2, 0) is 6.54 Å². The second kappa shape index (κ2) is 6.98. The number of phenolic OH excluding ortho intramolecular Hbond substituents is 1. The number of benzene rings is 1. The van der Waals surface area contributed by atoms with Gasteiger partial charge in [0.2, 0.25) is 0 Å². The van der Waals surface area contributed by atoms with Crippen LogP contribution < -0.4 is 4.74 Å². The number of hydrogen-bond donors (Lipinski definition) is 1. The lowest BCUT2D eigenvalue weighted by molar-refractivity contribution is 0.172. The van der Waals surface area contributed by atoms with Crippen LogP contribution in [0.3, 0.4) is 0 Å². The summed E-state index contributed by atoms with van der Waals surface area (Å²) in [7, 11) is 2.23. The Morgan fingerprint density at radius 3 is 2.88 bits per heavy atom. The third-order valence-electron chi connectivity index (χ3n) is 5.36. The second-order valence-corrected chi connectivity index (χ2v) is 8.54. The van der Waals surface area contributed by atoms with E-state index in [0.717, 1.165) is 30.8 Å². The van der Waals surface area contributed by atoms with Gasteiger partial charge in [-0.2, -0.15) is 0 Å². The number of hydrogen-bond acceptors (Lipinski definition) is 5. The average Bonchev–Trinajstić information content (AvgIpc) is 3.12. The third-order valence-corrected chi connectivity index (χ3v) is 6.41. The van der Waals surface area contributed by atoms with Crippen molar-refractivity contribution in [3.8, 4) is 21.9 Å². The highest BCUT2D eigenvalue weighted by molar-refractivity contribution is 7.15. The highest BCUT2D eigenvalue weighted by atomic mass is 32.1. The number of ether oxygens (including phenoxy) is 1. The van der Waals surface area contributed by atoms with E-state index in [4.69, 9.17) is 4.74 Å². The monoisotopic (exact) mass is 358 g/mol. The van der Waals surface area contributed by atoms with E-state index in [1.54, 1.807) is 11.3 Å². The largest absolute Gasteiger partial charge is 0.504 e. The topological polar surface area (TPSA) is 35.9 Å². The van der Waals surface area contributed by atoms with E-state index in [9.17, 15) is 5.11 Å². The molecule has 25 heavy (non-hydrogen) atoms. The van der Waals surface area contributed by atoms with Gasteiger partial charge in [0.05, 0.1) is 0 Å². The van der Waals surface area contributed by atoms with E-state index < -0.39 is 0 Å². The van der Waals surface area contributed by atoms with E-state index in [1.807, 2.05) is 6.07 Å². The molecule has 5 heteroatoms. The van der Waals surface area contributed by atoms with Crippen LogP contribution in [0.4, 0.5) is 0 Å². The molecule has 1 N–H and O–H groups in total. The molecule has 1 atom stereocenters. The van der Waals surface area contributed by atoms with E-state index in [1.165, 1.54) is 29.1 Å². The highest BCUT2D eigenvalue weighted by Crippen LogP contribution is 2.39. The average molecular weight is 359 g/mol. The summed E-state index contributed by atoms with van der Waals surface area (Å²) in [4.78, 5) is 7.42. The van der Waals surface area contributed by atoms with Gasteiger partial charge in [0.25, 0.3) is 0 Å². The van der Waals surface area contributed by atoms with Gasteiger partial charge in [0.1, 0.15) is 6.61 Å². The SMILES string of the molecule is Cc1ccc(-c2cc(O)c3c(c2)CN(CC2CCCN2C)CCO3)s1. The molecule has 1 fully saturated rings. The molecule has 1 saturated heterocycles. The first-order chi connectivity index (χ1) is 12.1. The number of fused-ring (bicyclic) bond motifs is 1. The van der Waals surface area contributed by atoms with Gasteiger partial charge in [-0.15, -0.1) is 11.3 Å². The van der Waals surface area contributed by atoms with Crippen LogP contribution in [0.5, 0.6) is 11.5 Å². The predicted octanol–water partition coefficient (Wildman–Crippen LogP) is 3.72. The van der Waals surface area contributed by atoms with Crippen molar-refractivity contribution in [2.24, 2.45) is 0 Å². The Morgan fingerprint density at radius 1 is 1.28 bits per heavy atom. The molecule has 0 saturated carbocycles. The fourth-order valence-corrected chi connectivity index (χ4v) is 4.80. The van der Waals surface area contributed by atoms with E-state index in [0.29, 0.717) is 18.4 Å². The van der Waals surface area contributed by atoms with Gasteiger partial charge < -0.3 is 14.7 Å². The number of phenols is 1. The predicted molar refractivity (Wildman–Crippen MR) is 103 cm³/mol. The first-order valence-corrected chi connectivity index (χ1v) is 9.90. The summed E-state index contributed by atoms with van der Waals surface area (Å²) in [6, 6.07) is 8.92. The molecule has 4 nitrogen and oxygen atoms in total. The Kier molecular flexibility index (Phi) is 4.71. The lowest BCUT2D eigenvalue weighted by Crippen LogP contribution is -2.39. The molecule has 0 bridgehead atoms. The minimum absolute atomic E-state index is 0.262. The van der Waals surface area contributed by atoms with Gasteiger partial charge in [0.15, 0.2) is 11.5 Å². The lowest BCUT2D eigenvalue weighted by Gasteiger charge is -2.27. The molecule has 0 radical (unpaired) electrons. The van der Waals surface area contributed by atoms with Gasteiger partial charge in [-0.05, 0) is 63.2 Å². The van der Waals surface area contributed by atoms with Gasteiger partial charge in [-0.1, -0.05) is 0 Å². The Labute approximate surface area is 153 Å².